The summed E-state index contributed by atoms with van der Waals surface area (Å²) in [4.78, 5) is 3.85. The van der Waals surface area contributed by atoms with E-state index in [1.165, 1.54) is 0 Å². The standard InChI is InChI=1S/C8H7BrF2IN/c1-4-2-5(3-9)13-7(6(4)12)8(10)11/h2,8H,3H2,1H3. The van der Waals surface area contributed by atoms with Gasteiger partial charge in [-0.3, -0.25) is 0 Å². The summed E-state index contributed by atoms with van der Waals surface area (Å²) in [5.41, 5.74) is 1.38. The largest absolute Gasteiger partial charge is 0.281 e. The second-order valence-corrected chi connectivity index (χ2v) is 4.20. The second-order valence-electron chi connectivity index (χ2n) is 2.56. The Hall–Kier alpha value is 0.220. The highest BCUT2D eigenvalue weighted by Crippen LogP contribution is 2.25. The number of rotatable bonds is 2. The van der Waals surface area contributed by atoms with Crippen LogP contribution in [-0.4, -0.2) is 4.98 Å². The first kappa shape index (κ1) is 11.3. The minimum Gasteiger partial charge on any atom is -0.250 e. The number of aromatic nitrogens is 1. The van der Waals surface area contributed by atoms with E-state index in [-0.39, 0.29) is 5.69 Å². The molecule has 1 aromatic heterocycles. The molecule has 0 spiro atoms. The molecule has 13 heavy (non-hydrogen) atoms. The lowest BCUT2D eigenvalue weighted by Crippen LogP contribution is -2.00. The lowest BCUT2D eigenvalue weighted by Gasteiger charge is -2.07. The summed E-state index contributed by atoms with van der Waals surface area (Å²) in [5.74, 6) is 0. The van der Waals surface area contributed by atoms with Gasteiger partial charge in [0.1, 0.15) is 5.69 Å². The second kappa shape index (κ2) is 4.63. The van der Waals surface area contributed by atoms with Crippen LogP contribution >= 0.6 is 38.5 Å². The fourth-order valence-corrected chi connectivity index (χ4v) is 1.76. The first-order chi connectivity index (χ1) is 6.06. The fourth-order valence-electron chi connectivity index (χ4n) is 0.964. The van der Waals surface area contributed by atoms with Gasteiger partial charge in [0.05, 0.1) is 5.69 Å². The Kier molecular flexibility index (Phi) is 4.03. The molecule has 72 valence electrons. The molecule has 0 bridgehead atoms. The maximum Gasteiger partial charge on any atom is 0.281 e. The van der Waals surface area contributed by atoms with E-state index in [0.717, 1.165) is 5.56 Å². The van der Waals surface area contributed by atoms with Crippen LogP contribution in [0.15, 0.2) is 6.07 Å². The molecule has 1 aromatic rings. The van der Waals surface area contributed by atoms with Crippen LogP contribution in [-0.2, 0) is 5.33 Å². The predicted molar refractivity (Wildman–Crippen MR) is 59.3 cm³/mol. The smallest absolute Gasteiger partial charge is 0.250 e. The Labute approximate surface area is 97.2 Å². The van der Waals surface area contributed by atoms with Gasteiger partial charge < -0.3 is 0 Å². The number of hydrogen-bond acceptors (Lipinski definition) is 1. The van der Waals surface area contributed by atoms with E-state index >= 15 is 0 Å². The van der Waals surface area contributed by atoms with Crippen LogP contribution in [0.5, 0.6) is 0 Å². The molecule has 0 fully saturated rings. The molecule has 5 heteroatoms. The molecule has 0 N–H and O–H groups in total. The number of pyridine rings is 1. The van der Waals surface area contributed by atoms with Crippen molar-refractivity contribution in [2.24, 2.45) is 0 Å². The Bertz CT molecular complexity index is 317. The summed E-state index contributed by atoms with van der Waals surface area (Å²) in [6.07, 6.45) is -2.50. The van der Waals surface area contributed by atoms with E-state index in [1.54, 1.807) is 0 Å². The monoisotopic (exact) mass is 361 g/mol. The number of nitrogens with zero attached hydrogens (tertiary/aromatic N) is 1. The molecule has 1 rings (SSSR count). The quantitative estimate of drug-likeness (QED) is 0.576. The summed E-state index contributed by atoms with van der Waals surface area (Å²) >= 11 is 5.08. The molecular weight excluding hydrogens is 355 g/mol. The van der Waals surface area contributed by atoms with E-state index in [2.05, 4.69) is 20.9 Å². The molecule has 0 aromatic carbocycles. The zero-order valence-electron chi connectivity index (χ0n) is 6.82. The Morgan fingerprint density at radius 3 is 2.69 bits per heavy atom. The highest BCUT2D eigenvalue weighted by Gasteiger charge is 2.15. The van der Waals surface area contributed by atoms with Crippen LogP contribution < -0.4 is 0 Å². The molecule has 0 unspecified atom stereocenters. The van der Waals surface area contributed by atoms with Crippen LogP contribution in [0.4, 0.5) is 8.78 Å². The first-order valence-electron chi connectivity index (χ1n) is 3.56. The van der Waals surface area contributed by atoms with Crippen LogP contribution in [0.1, 0.15) is 23.4 Å². The van der Waals surface area contributed by atoms with Crippen molar-refractivity contribution in [1.82, 2.24) is 4.98 Å². The molecule has 0 atom stereocenters. The predicted octanol–water partition coefficient (Wildman–Crippen LogP) is 3.83. The van der Waals surface area contributed by atoms with E-state index in [9.17, 15) is 8.78 Å². The van der Waals surface area contributed by atoms with Gasteiger partial charge in [0.25, 0.3) is 6.43 Å². The third kappa shape index (κ3) is 2.59. The summed E-state index contributed by atoms with van der Waals surface area (Å²) < 4.78 is 25.4. The van der Waals surface area contributed by atoms with Crippen LogP contribution in [0, 0.1) is 10.5 Å². The number of hydrogen-bond donors (Lipinski definition) is 0. The highest BCUT2D eigenvalue weighted by molar-refractivity contribution is 14.1. The Morgan fingerprint density at radius 2 is 2.23 bits per heavy atom. The van der Waals surface area contributed by atoms with Crippen molar-refractivity contribution in [3.63, 3.8) is 0 Å². The average Bonchev–Trinajstić information content (AvgIpc) is 2.09. The zero-order chi connectivity index (χ0) is 10.0. The summed E-state index contributed by atoms with van der Waals surface area (Å²) in [5, 5.41) is 0.504. The third-order valence-electron chi connectivity index (χ3n) is 1.56. The lowest BCUT2D eigenvalue weighted by atomic mass is 10.2. The Morgan fingerprint density at radius 1 is 1.62 bits per heavy atom. The third-order valence-corrected chi connectivity index (χ3v) is 3.54. The Balaban J connectivity index is 3.25. The van der Waals surface area contributed by atoms with E-state index in [4.69, 9.17) is 0 Å². The van der Waals surface area contributed by atoms with Crippen molar-refractivity contribution in [3.8, 4) is 0 Å². The van der Waals surface area contributed by atoms with Gasteiger partial charge >= 0.3 is 0 Å². The van der Waals surface area contributed by atoms with Crippen molar-refractivity contribution in [2.75, 3.05) is 0 Å². The molecule has 0 saturated carbocycles. The van der Waals surface area contributed by atoms with Gasteiger partial charge in [-0.15, -0.1) is 0 Å². The molecule has 1 nitrogen and oxygen atoms in total. The minimum atomic E-state index is -2.50. The minimum absolute atomic E-state index is 0.116. The van der Waals surface area contributed by atoms with Crippen molar-refractivity contribution in [3.05, 3.63) is 26.6 Å². The van der Waals surface area contributed by atoms with E-state index in [0.29, 0.717) is 14.6 Å². The van der Waals surface area contributed by atoms with Crippen LogP contribution in [0.2, 0.25) is 0 Å². The zero-order valence-corrected chi connectivity index (χ0v) is 10.6. The van der Waals surface area contributed by atoms with Gasteiger partial charge in [-0.05, 0) is 41.1 Å². The number of aryl methyl sites for hydroxylation is 1. The topological polar surface area (TPSA) is 12.9 Å². The van der Waals surface area contributed by atoms with Crippen molar-refractivity contribution < 1.29 is 8.78 Å². The molecular formula is C8H7BrF2IN. The molecule has 0 radical (unpaired) electrons. The SMILES string of the molecule is Cc1cc(CBr)nc(C(F)F)c1I. The number of halogens is 4. The molecule has 0 aliphatic rings. The van der Waals surface area contributed by atoms with Crippen molar-refractivity contribution in [1.29, 1.82) is 0 Å². The summed E-state index contributed by atoms with van der Waals surface area (Å²) in [6, 6.07) is 1.81. The average molecular weight is 362 g/mol. The summed E-state index contributed by atoms with van der Waals surface area (Å²) in [6.45, 7) is 1.81. The summed E-state index contributed by atoms with van der Waals surface area (Å²) in [7, 11) is 0. The maximum atomic E-state index is 12.4. The van der Waals surface area contributed by atoms with Gasteiger partial charge in [-0.25, -0.2) is 13.8 Å². The van der Waals surface area contributed by atoms with Crippen molar-refractivity contribution >= 4 is 38.5 Å². The molecule has 0 aliphatic heterocycles. The first-order valence-corrected chi connectivity index (χ1v) is 5.76. The number of alkyl halides is 3. The van der Waals surface area contributed by atoms with E-state index < -0.39 is 6.43 Å². The van der Waals surface area contributed by atoms with Gasteiger partial charge in [0.15, 0.2) is 0 Å². The molecule has 1 heterocycles. The van der Waals surface area contributed by atoms with E-state index in [1.807, 2.05) is 35.6 Å². The van der Waals surface area contributed by atoms with Gasteiger partial charge in [0, 0.05) is 8.90 Å². The molecule has 0 aliphatic carbocycles. The van der Waals surface area contributed by atoms with Gasteiger partial charge in [0.2, 0.25) is 0 Å². The van der Waals surface area contributed by atoms with Gasteiger partial charge in [-0.2, -0.15) is 0 Å². The normalized spacial score (nSPS) is 10.9. The lowest BCUT2D eigenvalue weighted by molar-refractivity contribution is 0.144. The molecule has 0 amide bonds. The van der Waals surface area contributed by atoms with Crippen LogP contribution in [0.25, 0.3) is 0 Å². The highest BCUT2D eigenvalue weighted by atomic mass is 127. The van der Waals surface area contributed by atoms with Gasteiger partial charge in [-0.1, -0.05) is 15.9 Å². The maximum absolute atomic E-state index is 12.4. The fraction of sp³-hybridized carbons (Fsp3) is 0.375. The van der Waals surface area contributed by atoms with Crippen molar-refractivity contribution in [2.45, 2.75) is 18.7 Å². The van der Waals surface area contributed by atoms with Crippen LogP contribution in [0.3, 0.4) is 0 Å². The molecule has 0 saturated heterocycles.